The molecule has 0 amide bonds. The van der Waals surface area contributed by atoms with Gasteiger partial charge in [0.25, 0.3) is 0 Å². The number of rotatable bonds is 16. The van der Waals surface area contributed by atoms with Crippen LogP contribution in [-0.2, 0) is 0 Å². The summed E-state index contributed by atoms with van der Waals surface area (Å²) in [4.78, 5) is 11.7. The Hall–Kier alpha value is -1.83. The summed E-state index contributed by atoms with van der Waals surface area (Å²) < 4.78 is 6.22. The molecule has 1 atom stereocenters. The molecule has 1 unspecified atom stereocenters. The molecule has 2 aromatic rings. The molecular weight excluding hydrogens is 356 g/mol. The third kappa shape index (κ3) is 8.20. The van der Waals surface area contributed by atoms with Crippen molar-refractivity contribution >= 4 is 17.1 Å². The molecular formula is C27H40O2. The largest absolute Gasteiger partial charge is 0.493 e. The fourth-order valence-corrected chi connectivity index (χ4v) is 4.11. The number of unbranched alkanes of at least 4 members (excludes halogenated alkanes) is 8. The number of fused-ring (bicyclic) bond motifs is 1. The van der Waals surface area contributed by atoms with E-state index in [1.165, 1.54) is 77.0 Å². The second kappa shape index (κ2) is 14.2. The summed E-state index contributed by atoms with van der Waals surface area (Å²) in [6, 6.07) is 12.1. The molecule has 0 aromatic heterocycles. The van der Waals surface area contributed by atoms with E-state index in [9.17, 15) is 4.79 Å². The van der Waals surface area contributed by atoms with Gasteiger partial charge in [-0.25, -0.2) is 0 Å². The highest BCUT2D eigenvalue weighted by Gasteiger charge is 2.13. The van der Waals surface area contributed by atoms with Crippen LogP contribution < -0.4 is 4.74 Å². The van der Waals surface area contributed by atoms with Gasteiger partial charge in [-0.2, -0.15) is 0 Å². The predicted octanol–water partition coefficient (Wildman–Crippen LogP) is 8.37. The zero-order valence-electron chi connectivity index (χ0n) is 18.6. The van der Waals surface area contributed by atoms with Crippen molar-refractivity contribution in [1.82, 2.24) is 0 Å². The fraction of sp³-hybridized carbons (Fsp3) is 0.593. The van der Waals surface area contributed by atoms with Gasteiger partial charge < -0.3 is 4.74 Å². The zero-order chi connectivity index (χ0) is 20.7. The van der Waals surface area contributed by atoms with E-state index in [2.05, 4.69) is 19.9 Å². The van der Waals surface area contributed by atoms with Gasteiger partial charge in [0, 0.05) is 0 Å². The molecule has 0 saturated carbocycles. The molecule has 160 valence electrons. The summed E-state index contributed by atoms with van der Waals surface area (Å²) in [7, 11) is 0. The van der Waals surface area contributed by atoms with E-state index >= 15 is 0 Å². The van der Waals surface area contributed by atoms with Gasteiger partial charge in [-0.15, -0.1) is 0 Å². The molecule has 0 fully saturated rings. The van der Waals surface area contributed by atoms with Crippen molar-refractivity contribution in [3.05, 3.63) is 42.0 Å². The van der Waals surface area contributed by atoms with Gasteiger partial charge in [0.2, 0.25) is 0 Å². The molecule has 2 rings (SSSR count). The van der Waals surface area contributed by atoms with E-state index in [1.807, 2.05) is 30.3 Å². The maximum atomic E-state index is 11.7. The standard InChI is InChI=1S/C27H40O2/c1-3-5-7-9-10-12-16-23(15-11-8-6-4-2)22-29-27-20-19-24-17-13-14-18-25(24)26(27)21-28/h13-14,17-21,23H,3-12,15-16,22H2,1-2H3. The van der Waals surface area contributed by atoms with Crippen LogP contribution in [0.2, 0.25) is 0 Å². The fourth-order valence-electron chi connectivity index (χ4n) is 4.11. The van der Waals surface area contributed by atoms with Crippen LogP contribution in [0.25, 0.3) is 10.8 Å². The number of hydrogen-bond acceptors (Lipinski definition) is 2. The quantitative estimate of drug-likeness (QED) is 0.210. The van der Waals surface area contributed by atoms with Gasteiger partial charge in [0.15, 0.2) is 6.29 Å². The summed E-state index contributed by atoms with van der Waals surface area (Å²) in [6.45, 7) is 5.25. The summed E-state index contributed by atoms with van der Waals surface area (Å²) in [5.74, 6) is 1.32. The molecule has 0 radical (unpaired) electrons. The van der Waals surface area contributed by atoms with Crippen LogP contribution in [-0.4, -0.2) is 12.9 Å². The first-order valence-electron chi connectivity index (χ1n) is 11.9. The number of carbonyl (C=O) groups excluding carboxylic acids is 1. The average molecular weight is 397 g/mol. The first-order valence-corrected chi connectivity index (χ1v) is 11.9. The Bertz CT molecular complexity index is 707. The molecule has 2 nitrogen and oxygen atoms in total. The lowest BCUT2D eigenvalue weighted by atomic mass is 9.95. The Balaban J connectivity index is 1.92. The first-order chi connectivity index (χ1) is 14.3. The summed E-state index contributed by atoms with van der Waals surface area (Å²) in [5, 5.41) is 2.07. The minimum Gasteiger partial charge on any atom is -0.493 e. The summed E-state index contributed by atoms with van der Waals surface area (Å²) >= 11 is 0. The van der Waals surface area contributed by atoms with Crippen molar-refractivity contribution in [3.63, 3.8) is 0 Å². The van der Waals surface area contributed by atoms with Crippen molar-refractivity contribution in [2.45, 2.75) is 90.9 Å². The van der Waals surface area contributed by atoms with E-state index in [0.717, 1.165) is 29.4 Å². The van der Waals surface area contributed by atoms with E-state index in [1.54, 1.807) is 0 Å². The Labute approximate surface area is 178 Å². The molecule has 0 bridgehead atoms. The molecule has 0 aliphatic heterocycles. The molecule has 0 heterocycles. The first kappa shape index (κ1) is 23.4. The van der Waals surface area contributed by atoms with Gasteiger partial charge in [-0.05, 0) is 35.6 Å². The van der Waals surface area contributed by atoms with Crippen LogP contribution in [0.15, 0.2) is 36.4 Å². The van der Waals surface area contributed by atoms with Crippen molar-refractivity contribution in [2.24, 2.45) is 5.92 Å². The van der Waals surface area contributed by atoms with Crippen LogP contribution in [0.5, 0.6) is 5.75 Å². The van der Waals surface area contributed by atoms with Crippen LogP contribution in [0.4, 0.5) is 0 Å². The van der Waals surface area contributed by atoms with E-state index in [4.69, 9.17) is 4.74 Å². The number of aldehydes is 1. The highest BCUT2D eigenvalue weighted by atomic mass is 16.5. The van der Waals surface area contributed by atoms with Gasteiger partial charge >= 0.3 is 0 Å². The minimum absolute atomic E-state index is 0.587. The topological polar surface area (TPSA) is 26.3 Å². The summed E-state index contributed by atoms with van der Waals surface area (Å²) in [5.41, 5.74) is 0.687. The minimum atomic E-state index is 0.587. The Morgan fingerprint density at radius 1 is 0.793 bits per heavy atom. The Morgan fingerprint density at radius 2 is 1.41 bits per heavy atom. The average Bonchev–Trinajstić information content (AvgIpc) is 2.76. The monoisotopic (exact) mass is 396 g/mol. The lowest BCUT2D eigenvalue weighted by Crippen LogP contribution is -2.13. The van der Waals surface area contributed by atoms with Crippen molar-refractivity contribution in [1.29, 1.82) is 0 Å². The Kier molecular flexibility index (Phi) is 11.5. The third-order valence-electron chi connectivity index (χ3n) is 5.95. The molecule has 0 aliphatic rings. The SMILES string of the molecule is CCCCCCCCC(CCCCCC)COc1ccc2ccccc2c1C=O. The van der Waals surface area contributed by atoms with Crippen molar-refractivity contribution in [3.8, 4) is 5.75 Å². The normalized spacial score (nSPS) is 12.2. The van der Waals surface area contributed by atoms with E-state index in [-0.39, 0.29) is 0 Å². The molecule has 2 heteroatoms. The van der Waals surface area contributed by atoms with Crippen molar-refractivity contribution in [2.75, 3.05) is 6.61 Å². The number of carbonyl (C=O) groups is 1. The van der Waals surface area contributed by atoms with Crippen molar-refractivity contribution < 1.29 is 9.53 Å². The summed E-state index contributed by atoms with van der Waals surface area (Å²) in [6.07, 6.45) is 16.6. The lowest BCUT2D eigenvalue weighted by Gasteiger charge is -2.19. The third-order valence-corrected chi connectivity index (χ3v) is 5.95. The molecule has 0 saturated heterocycles. The molecule has 0 aliphatic carbocycles. The number of hydrogen-bond donors (Lipinski definition) is 0. The maximum absolute atomic E-state index is 11.7. The van der Waals surface area contributed by atoms with Gasteiger partial charge in [0.1, 0.15) is 5.75 Å². The second-order valence-electron chi connectivity index (χ2n) is 8.40. The highest BCUT2D eigenvalue weighted by molar-refractivity contribution is 6.00. The molecule has 29 heavy (non-hydrogen) atoms. The number of benzene rings is 2. The second-order valence-corrected chi connectivity index (χ2v) is 8.40. The molecule has 2 aromatic carbocycles. The molecule has 0 N–H and O–H groups in total. The Morgan fingerprint density at radius 3 is 2.10 bits per heavy atom. The van der Waals surface area contributed by atoms with Gasteiger partial charge in [-0.1, -0.05) is 108 Å². The van der Waals surface area contributed by atoms with Gasteiger partial charge in [0.05, 0.1) is 12.2 Å². The van der Waals surface area contributed by atoms with Crippen LogP contribution >= 0.6 is 0 Å². The van der Waals surface area contributed by atoms with Crippen LogP contribution in [0, 0.1) is 5.92 Å². The van der Waals surface area contributed by atoms with E-state index < -0.39 is 0 Å². The smallest absolute Gasteiger partial charge is 0.154 e. The molecule has 0 spiro atoms. The van der Waals surface area contributed by atoms with Crippen LogP contribution in [0.1, 0.15) is 101 Å². The highest BCUT2D eigenvalue weighted by Crippen LogP contribution is 2.28. The van der Waals surface area contributed by atoms with Crippen LogP contribution in [0.3, 0.4) is 0 Å². The van der Waals surface area contributed by atoms with E-state index in [0.29, 0.717) is 11.5 Å². The number of ether oxygens (including phenoxy) is 1. The van der Waals surface area contributed by atoms with Gasteiger partial charge in [-0.3, -0.25) is 4.79 Å². The predicted molar refractivity (Wildman–Crippen MR) is 125 cm³/mol. The zero-order valence-corrected chi connectivity index (χ0v) is 18.6. The maximum Gasteiger partial charge on any atom is 0.154 e. The lowest BCUT2D eigenvalue weighted by molar-refractivity contribution is 0.111.